The van der Waals surface area contributed by atoms with Crippen LogP contribution in [0.15, 0.2) is 97.6 Å². The lowest BCUT2D eigenvalue weighted by Crippen LogP contribution is -2.04. The summed E-state index contributed by atoms with van der Waals surface area (Å²) < 4.78 is 5.43. The van der Waals surface area contributed by atoms with E-state index in [0.29, 0.717) is 29.5 Å². The zero-order valence-corrected chi connectivity index (χ0v) is 34.5. The Morgan fingerprint density at radius 3 is 1.97 bits per heavy atom. The van der Waals surface area contributed by atoms with Crippen LogP contribution in [0.2, 0.25) is 0 Å². The molecule has 0 bridgehead atoms. The van der Waals surface area contributed by atoms with Gasteiger partial charge < -0.3 is 15.6 Å². The third-order valence-electron chi connectivity index (χ3n) is 12.3. The number of fused-ring (bicyclic) bond motifs is 2. The van der Waals surface area contributed by atoms with Gasteiger partial charge in [-0.3, -0.25) is 14.9 Å². The fourth-order valence-electron chi connectivity index (χ4n) is 8.94. The monoisotopic (exact) mass is 818 g/mol. The number of anilines is 4. The molecule has 62 heavy (non-hydrogen) atoms. The first-order chi connectivity index (χ1) is 30.3. The van der Waals surface area contributed by atoms with Crippen LogP contribution in [0, 0.1) is 6.92 Å². The molecule has 2 aliphatic rings. The third kappa shape index (κ3) is 6.21. The van der Waals surface area contributed by atoms with Gasteiger partial charge in [-0.15, -0.1) is 10.2 Å². The lowest BCUT2D eigenvalue weighted by Gasteiger charge is -2.16. The molecule has 4 aromatic carbocycles. The Morgan fingerprint density at radius 1 is 0.645 bits per heavy atom. The first kappa shape index (κ1) is 36.0. The number of benzene rings is 4. The summed E-state index contributed by atoms with van der Waals surface area (Å²) in [4.78, 5) is 17.7. The van der Waals surface area contributed by atoms with Crippen molar-refractivity contribution in [2.24, 2.45) is 21.1 Å². The van der Waals surface area contributed by atoms with Gasteiger partial charge in [-0.05, 0) is 84.9 Å². The van der Waals surface area contributed by atoms with Crippen LogP contribution in [0.1, 0.15) is 59.4 Å². The minimum absolute atomic E-state index is 0.214. The van der Waals surface area contributed by atoms with Crippen molar-refractivity contribution in [3.8, 4) is 45.4 Å². The number of H-pyrrole nitrogens is 3. The fourth-order valence-corrected chi connectivity index (χ4v) is 8.94. The van der Waals surface area contributed by atoms with Crippen molar-refractivity contribution in [1.82, 2.24) is 69.7 Å². The molecule has 2 atom stereocenters. The highest BCUT2D eigenvalue weighted by molar-refractivity contribution is 5.94. The average Bonchev–Trinajstić information content (AvgIpc) is 3.71. The quantitative estimate of drug-likeness (QED) is 0.0844. The van der Waals surface area contributed by atoms with E-state index < -0.39 is 0 Å². The number of hydrogen-bond donors (Lipinski definition) is 5. The molecule has 2 saturated carbocycles. The van der Waals surface area contributed by atoms with Crippen LogP contribution in [0.3, 0.4) is 0 Å². The van der Waals surface area contributed by atoms with Crippen molar-refractivity contribution in [3.63, 3.8) is 0 Å². The summed E-state index contributed by atoms with van der Waals surface area (Å²) in [6, 6.07) is 24.9. The highest BCUT2D eigenvalue weighted by atomic mass is 15.4. The van der Waals surface area contributed by atoms with Gasteiger partial charge in [-0.1, -0.05) is 48.5 Å². The van der Waals surface area contributed by atoms with Crippen LogP contribution in [0.25, 0.3) is 67.2 Å². The van der Waals surface area contributed by atoms with E-state index in [9.17, 15) is 0 Å². The number of nitrogens with zero attached hydrogens (tertiary/aromatic N) is 11. The van der Waals surface area contributed by atoms with Gasteiger partial charge in [-0.25, -0.2) is 14.3 Å². The highest BCUT2D eigenvalue weighted by Gasteiger charge is 2.44. The van der Waals surface area contributed by atoms with Crippen molar-refractivity contribution < 1.29 is 0 Å². The van der Waals surface area contributed by atoms with E-state index in [4.69, 9.17) is 20.2 Å². The molecule has 6 aromatic heterocycles. The molecular weight excluding hydrogens is 777 g/mol. The summed E-state index contributed by atoms with van der Waals surface area (Å²) >= 11 is 0. The van der Waals surface area contributed by atoms with Crippen LogP contribution < -0.4 is 10.6 Å². The summed E-state index contributed by atoms with van der Waals surface area (Å²) in [6.07, 6.45) is 10.9. The largest absolute Gasteiger partial charge is 0.342 e. The Kier molecular flexibility index (Phi) is 8.04. The van der Waals surface area contributed by atoms with Gasteiger partial charge >= 0.3 is 0 Å². The molecule has 16 heteroatoms. The van der Waals surface area contributed by atoms with Crippen LogP contribution in [0.4, 0.5) is 23.3 Å². The molecule has 2 aliphatic carbocycles. The van der Waals surface area contributed by atoms with Crippen molar-refractivity contribution in [2.45, 2.75) is 43.9 Å². The molecule has 10 aromatic rings. The van der Waals surface area contributed by atoms with Crippen LogP contribution >= 0.6 is 0 Å². The molecule has 306 valence electrons. The van der Waals surface area contributed by atoms with Gasteiger partial charge in [0.15, 0.2) is 11.6 Å². The molecular formula is C46H42N16. The third-order valence-corrected chi connectivity index (χ3v) is 12.3. The van der Waals surface area contributed by atoms with Gasteiger partial charge in [0.2, 0.25) is 11.9 Å². The normalized spacial score (nSPS) is 16.1. The van der Waals surface area contributed by atoms with Crippen molar-refractivity contribution in [2.75, 3.05) is 10.6 Å². The molecule has 2 fully saturated rings. The van der Waals surface area contributed by atoms with Crippen LogP contribution in [0.5, 0.6) is 0 Å². The Balaban J connectivity index is 0.854. The van der Waals surface area contributed by atoms with Gasteiger partial charge in [0, 0.05) is 83.6 Å². The van der Waals surface area contributed by atoms with Crippen molar-refractivity contribution >= 4 is 45.1 Å². The Morgan fingerprint density at radius 2 is 1.31 bits per heavy atom. The molecule has 5 N–H and O–H groups in total. The average molecular weight is 819 g/mol. The van der Waals surface area contributed by atoms with E-state index in [1.54, 1.807) is 4.68 Å². The topological polar surface area (TPSA) is 189 Å². The first-order valence-electron chi connectivity index (χ1n) is 20.9. The number of aryl methyl sites for hydroxylation is 4. The van der Waals surface area contributed by atoms with E-state index in [0.717, 1.165) is 91.9 Å². The first-order valence-corrected chi connectivity index (χ1v) is 20.9. The number of imidazole rings is 1. The Labute approximate surface area is 354 Å². The number of aromatic amines is 3. The second-order valence-electron chi connectivity index (χ2n) is 16.6. The van der Waals surface area contributed by atoms with E-state index in [1.807, 2.05) is 92.5 Å². The summed E-state index contributed by atoms with van der Waals surface area (Å²) in [5.41, 5.74) is 13.7. The van der Waals surface area contributed by atoms with Gasteiger partial charge in [0.25, 0.3) is 0 Å². The summed E-state index contributed by atoms with van der Waals surface area (Å²) in [7, 11) is 5.78. The Hall–Kier alpha value is -7.88. The molecule has 2 unspecified atom stereocenters. The number of rotatable bonds is 11. The maximum atomic E-state index is 5.01. The van der Waals surface area contributed by atoms with Gasteiger partial charge in [0.1, 0.15) is 5.82 Å². The van der Waals surface area contributed by atoms with Crippen LogP contribution in [-0.4, -0.2) is 69.7 Å². The van der Waals surface area contributed by atoms with E-state index in [-0.39, 0.29) is 11.8 Å². The molecule has 0 saturated heterocycles. The second-order valence-corrected chi connectivity index (χ2v) is 16.6. The van der Waals surface area contributed by atoms with E-state index >= 15 is 0 Å². The number of hydrogen-bond acceptors (Lipinski definition) is 10. The van der Waals surface area contributed by atoms with Gasteiger partial charge in [0.05, 0.1) is 29.1 Å². The predicted octanol–water partition coefficient (Wildman–Crippen LogP) is 8.76. The van der Waals surface area contributed by atoms with Gasteiger partial charge in [-0.2, -0.15) is 25.3 Å². The molecule has 0 radical (unpaired) electrons. The smallest absolute Gasteiger partial charge is 0.225 e. The lowest BCUT2D eigenvalue weighted by atomic mass is 9.94. The SMILES string of the molecule is Cc1cnc(-c2ccc(-c3nc(Nc4ccc5[nH]ncc5c4C4CC4c4cc(Nc5nc(-c6ccc(-c7ccn(C)n7)cc6)nn5C)c(C5CC5)c5cn[nH]c45)n(C)n3)cc2)[nH]1. The van der Waals surface area contributed by atoms with Crippen molar-refractivity contribution in [1.29, 1.82) is 0 Å². The lowest BCUT2D eigenvalue weighted by molar-refractivity contribution is 0.771. The minimum Gasteiger partial charge on any atom is -0.342 e. The molecule has 12 rings (SSSR count). The minimum atomic E-state index is 0.214. The molecule has 0 amide bonds. The molecule has 6 heterocycles. The van der Waals surface area contributed by atoms with Crippen molar-refractivity contribution in [3.05, 3.63) is 120 Å². The summed E-state index contributed by atoms with van der Waals surface area (Å²) in [6.45, 7) is 2.00. The molecule has 0 spiro atoms. The molecule has 16 nitrogen and oxygen atoms in total. The number of aromatic nitrogens is 14. The highest BCUT2D eigenvalue weighted by Crippen LogP contribution is 2.60. The zero-order valence-electron chi connectivity index (χ0n) is 34.5. The van der Waals surface area contributed by atoms with E-state index in [2.05, 4.69) is 88.6 Å². The van der Waals surface area contributed by atoms with E-state index in [1.165, 1.54) is 16.7 Å². The predicted molar refractivity (Wildman–Crippen MR) is 238 cm³/mol. The maximum absolute atomic E-state index is 5.01. The summed E-state index contributed by atoms with van der Waals surface area (Å²) in [5, 5.41) is 39.5. The fraction of sp³-hybridized carbons (Fsp3) is 0.217. The summed E-state index contributed by atoms with van der Waals surface area (Å²) in [5.74, 6) is 4.36. The molecule has 0 aliphatic heterocycles. The standard InChI is InChI=1S/C46H42N16/c1-24-21-47-42(50-24)27-11-13-29(14-12-27)44-53-45(61(3)58-44)51-37-16-15-36-33(22-48-55-36)40(37)31-19-30(31)32-20-38(39(26-7-8-26)34-23-49-56-41(32)34)52-46-54-43(59-62(46)4)28-9-5-25(6-10-28)35-17-18-60(2)57-35/h5-6,9-18,20-23,26,30-31H,7-8,19H2,1-4H3,(H,47,50)(H,48,55)(H,49,56)(H,51,53,58)(H,52,54,59). The second kappa shape index (κ2) is 13.8. The Bertz CT molecular complexity index is 3300. The number of nitrogens with one attached hydrogen (secondary N) is 5. The zero-order chi connectivity index (χ0) is 41.6. The maximum Gasteiger partial charge on any atom is 0.225 e. The van der Waals surface area contributed by atoms with Crippen LogP contribution in [-0.2, 0) is 21.1 Å².